The van der Waals surface area contributed by atoms with Gasteiger partial charge in [0.1, 0.15) is 5.82 Å². The van der Waals surface area contributed by atoms with Crippen molar-refractivity contribution in [1.29, 1.82) is 0 Å². The minimum absolute atomic E-state index is 0.134. The molecular weight excluding hydrogens is 213 g/mol. The molecule has 0 amide bonds. The monoisotopic (exact) mass is 235 g/mol. The number of halogens is 1. The number of rotatable bonds is 4. The summed E-state index contributed by atoms with van der Waals surface area (Å²) < 4.78 is 13.1. The molecule has 17 heavy (non-hydrogen) atoms. The summed E-state index contributed by atoms with van der Waals surface area (Å²) in [5, 5.41) is 3.47. The van der Waals surface area contributed by atoms with Gasteiger partial charge >= 0.3 is 0 Å². The molecule has 94 valence electrons. The Kier molecular flexibility index (Phi) is 4.55. The summed E-state index contributed by atoms with van der Waals surface area (Å²) in [7, 11) is 0. The van der Waals surface area contributed by atoms with Gasteiger partial charge in [0.2, 0.25) is 0 Å². The third kappa shape index (κ3) is 3.81. The SMILES string of the molecule is Cc1ccc(F)cc1CNCC1CCCCC1. The zero-order valence-electron chi connectivity index (χ0n) is 10.6. The van der Waals surface area contributed by atoms with Crippen molar-refractivity contribution in [3.8, 4) is 0 Å². The summed E-state index contributed by atoms with van der Waals surface area (Å²) >= 11 is 0. The Morgan fingerprint density at radius 1 is 1.24 bits per heavy atom. The molecule has 2 rings (SSSR count). The highest BCUT2D eigenvalue weighted by Crippen LogP contribution is 2.22. The number of aryl methyl sites for hydroxylation is 1. The first-order chi connectivity index (χ1) is 8.25. The summed E-state index contributed by atoms with van der Waals surface area (Å²) in [4.78, 5) is 0. The molecule has 0 bridgehead atoms. The van der Waals surface area contributed by atoms with Crippen molar-refractivity contribution in [2.75, 3.05) is 6.54 Å². The van der Waals surface area contributed by atoms with Crippen LogP contribution in [0.15, 0.2) is 18.2 Å². The Bertz CT molecular complexity index is 356. The minimum atomic E-state index is -0.134. The molecule has 1 fully saturated rings. The average molecular weight is 235 g/mol. The van der Waals surface area contributed by atoms with Crippen molar-refractivity contribution < 1.29 is 4.39 Å². The fourth-order valence-corrected chi connectivity index (χ4v) is 2.63. The van der Waals surface area contributed by atoms with Crippen molar-refractivity contribution in [2.24, 2.45) is 5.92 Å². The van der Waals surface area contributed by atoms with Crippen molar-refractivity contribution >= 4 is 0 Å². The lowest BCUT2D eigenvalue weighted by Gasteiger charge is -2.22. The minimum Gasteiger partial charge on any atom is -0.312 e. The third-order valence-electron chi connectivity index (χ3n) is 3.78. The zero-order chi connectivity index (χ0) is 12.1. The van der Waals surface area contributed by atoms with E-state index in [9.17, 15) is 4.39 Å². The molecule has 1 saturated carbocycles. The first kappa shape index (κ1) is 12.6. The molecule has 1 N–H and O–H groups in total. The number of nitrogens with one attached hydrogen (secondary N) is 1. The maximum atomic E-state index is 13.1. The summed E-state index contributed by atoms with van der Waals surface area (Å²) in [5.41, 5.74) is 2.25. The normalized spacial score (nSPS) is 17.3. The number of hydrogen-bond donors (Lipinski definition) is 1. The molecule has 1 aromatic carbocycles. The molecule has 1 aliphatic rings. The fraction of sp³-hybridized carbons (Fsp3) is 0.600. The quantitative estimate of drug-likeness (QED) is 0.837. The summed E-state index contributed by atoms with van der Waals surface area (Å²) in [6.45, 7) is 3.91. The molecule has 0 radical (unpaired) electrons. The topological polar surface area (TPSA) is 12.0 Å². The van der Waals surface area contributed by atoms with Crippen LogP contribution < -0.4 is 5.32 Å². The van der Waals surface area contributed by atoms with Crippen molar-refractivity contribution in [3.05, 3.63) is 35.1 Å². The van der Waals surface area contributed by atoms with Gasteiger partial charge in [0, 0.05) is 6.54 Å². The van der Waals surface area contributed by atoms with Crippen LogP contribution in [0.4, 0.5) is 4.39 Å². The van der Waals surface area contributed by atoms with E-state index in [0.29, 0.717) is 0 Å². The van der Waals surface area contributed by atoms with Crippen molar-refractivity contribution in [1.82, 2.24) is 5.32 Å². The average Bonchev–Trinajstić information content (AvgIpc) is 2.35. The highest BCUT2D eigenvalue weighted by Gasteiger charge is 2.12. The van der Waals surface area contributed by atoms with E-state index < -0.39 is 0 Å². The second kappa shape index (κ2) is 6.15. The smallest absolute Gasteiger partial charge is 0.123 e. The summed E-state index contributed by atoms with van der Waals surface area (Å²) in [6, 6.07) is 5.02. The highest BCUT2D eigenvalue weighted by molar-refractivity contribution is 5.26. The van der Waals surface area contributed by atoms with Crippen molar-refractivity contribution in [3.63, 3.8) is 0 Å². The maximum absolute atomic E-state index is 13.1. The molecule has 2 heteroatoms. The van der Waals surface area contributed by atoms with E-state index in [2.05, 4.69) is 5.32 Å². The van der Waals surface area contributed by atoms with E-state index in [-0.39, 0.29) is 5.82 Å². The second-order valence-electron chi connectivity index (χ2n) is 5.21. The van der Waals surface area contributed by atoms with Gasteiger partial charge in [-0.1, -0.05) is 25.3 Å². The summed E-state index contributed by atoms with van der Waals surface area (Å²) in [6.07, 6.45) is 6.88. The van der Waals surface area contributed by atoms with E-state index in [1.54, 1.807) is 6.07 Å². The fourth-order valence-electron chi connectivity index (χ4n) is 2.63. The van der Waals surface area contributed by atoms with E-state index >= 15 is 0 Å². The molecule has 0 aromatic heterocycles. The van der Waals surface area contributed by atoms with Crippen LogP contribution >= 0.6 is 0 Å². The van der Waals surface area contributed by atoms with Gasteiger partial charge in [0.15, 0.2) is 0 Å². The second-order valence-corrected chi connectivity index (χ2v) is 5.21. The lowest BCUT2D eigenvalue weighted by molar-refractivity contribution is 0.342. The Morgan fingerprint density at radius 3 is 2.76 bits per heavy atom. The Labute approximate surface area is 103 Å². The van der Waals surface area contributed by atoms with Crippen LogP contribution in [0.5, 0.6) is 0 Å². The molecule has 1 aromatic rings. The largest absolute Gasteiger partial charge is 0.312 e. The standard InChI is InChI=1S/C15H22FN/c1-12-7-8-15(16)9-14(12)11-17-10-13-5-3-2-4-6-13/h7-9,13,17H,2-6,10-11H2,1H3. The maximum Gasteiger partial charge on any atom is 0.123 e. The van der Waals surface area contributed by atoms with Crippen LogP contribution in [0.1, 0.15) is 43.2 Å². The molecular formula is C15H22FN. The molecule has 1 aliphatic carbocycles. The van der Waals surface area contributed by atoms with Gasteiger partial charge in [-0.2, -0.15) is 0 Å². The van der Waals surface area contributed by atoms with Gasteiger partial charge in [-0.05, 0) is 55.5 Å². The molecule has 0 atom stereocenters. The first-order valence-electron chi connectivity index (χ1n) is 6.71. The predicted octanol–water partition coefficient (Wildman–Crippen LogP) is 3.80. The lowest BCUT2D eigenvalue weighted by Crippen LogP contribution is -2.24. The number of benzene rings is 1. The zero-order valence-corrected chi connectivity index (χ0v) is 10.6. The van der Waals surface area contributed by atoms with Gasteiger partial charge in [-0.15, -0.1) is 0 Å². The molecule has 0 aliphatic heterocycles. The van der Waals surface area contributed by atoms with Crippen LogP contribution in [0.25, 0.3) is 0 Å². The van der Waals surface area contributed by atoms with E-state index in [4.69, 9.17) is 0 Å². The van der Waals surface area contributed by atoms with E-state index in [0.717, 1.165) is 24.6 Å². The van der Waals surface area contributed by atoms with Gasteiger partial charge in [0.05, 0.1) is 0 Å². The van der Waals surface area contributed by atoms with Gasteiger partial charge in [-0.3, -0.25) is 0 Å². The molecule has 0 saturated heterocycles. The Balaban J connectivity index is 1.79. The van der Waals surface area contributed by atoms with Gasteiger partial charge < -0.3 is 5.32 Å². The molecule has 0 heterocycles. The van der Waals surface area contributed by atoms with Crippen LogP contribution in [0.3, 0.4) is 0 Å². The van der Waals surface area contributed by atoms with Crippen LogP contribution in [-0.2, 0) is 6.54 Å². The van der Waals surface area contributed by atoms with E-state index in [1.807, 2.05) is 13.0 Å². The highest BCUT2D eigenvalue weighted by atomic mass is 19.1. The van der Waals surface area contributed by atoms with Gasteiger partial charge in [-0.25, -0.2) is 4.39 Å². The van der Waals surface area contributed by atoms with Crippen molar-refractivity contribution in [2.45, 2.75) is 45.6 Å². The predicted molar refractivity (Wildman–Crippen MR) is 69.4 cm³/mol. The summed E-state index contributed by atoms with van der Waals surface area (Å²) in [5.74, 6) is 0.697. The first-order valence-corrected chi connectivity index (χ1v) is 6.71. The lowest BCUT2D eigenvalue weighted by atomic mass is 9.89. The molecule has 0 spiro atoms. The third-order valence-corrected chi connectivity index (χ3v) is 3.78. The molecule has 1 nitrogen and oxygen atoms in total. The van der Waals surface area contributed by atoms with Gasteiger partial charge in [0.25, 0.3) is 0 Å². The van der Waals surface area contributed by atoms with E-state index in [1.165, 1.54) is 43.7 Å². The molecule has 0 unspecified atom stereocenters. The Hall–Kier alpha value is -0.890. The van der Waals surface area contributed by atoms with Crippen LogP contribution in [0, 0.1) is 18.7 Å². The van der Waals surface area contributed by atoms with Crippen LogP contribution in [0.2, 0.25) is 0 Å². The Morgan fingerprint density at radius 2 is 2.00 bits per heavy atom. The number of hydrogen-bond acceptors (Lipinski definition) is 1. The van der Waals surface area contributed by atoms with Crippen LogP contribution in [-0.4, -0.2) is 6.54 Å².